The van der Waals surface area contributed by atoms with E-state index < -0.39 is 6.10 Å². The number of aliphatic hydroxyl groups is 1. The lowest BCUT2D eigenvalue weighted by Crippen LogP contribution is -2.54. The fraction of sp³-hybridized carbons (Fsp3) is 0.357. The standard InChI is InChI=1S/C14H15N3O3/c1-9-3-2-4-11-13(9)15-8-17(14(11)20)7-12(19)16-5-10(18)6-16/h2-4,8,10,18H,5-7H2,1H3. The van der Waals surface area contributed by atoms with Crippen molar-refractivity contribution >= 4 is 16.8 Å². The molecule has 1 N–H and O–H groups in total. The van der Waals surface area contributed by atoms with Gasteiger partial charge in [0, 0.05) is 13.1 Å². The maximum Gasteiger partial charge on any atom is 0.261 e. The van der Waals surface area contributed by atoms with E-state index >= 15 is 0 Å². The van der Waals surface area contributed by atoms with Gasteiger partial charge in [0.15, 0.2) is 0 Å². The van der Waals surface area contributed by atoms with Crippen molar-refractivity contribution in [1.29, 1.82) is 0 Å². The van der Waals surface area contributed by atoms with Crippen LogP contribution in [0.2, 0.25) is 0 Å². The number of hydrogen-bond acceptors (Lipinski definition) is 4. The quantitative estimate of drug-likeness (QED) is 0.829. The molecule has 1 amide bonds. The minimum absolute atomic E-state index is 0.0393. The molecule has 104 valence electrons. The molecule has 1 aromatic heterocycles. The van der Waals surface area contributed by atoms with Crippen molar-refractivity contribution < 1.29 is 9.90 Å². The van der Waals surface area contributed by atoms with Crippen LogP contribution in [-0.4, -0.2) is 44.7 Å². The summed E-state index contributed by atoms with van der Waals surface area (Å²) in [5.74, 6) is -0.175. The second kappa shape index (κ2) is 4.72. The van der Waals surface area contributed by atoms with E-state index in [9.17, 15) is 14.7 Å². The number of para-hydroxylation sites is 1. The zero-order valence-electron chi connectivity index (χ0n) is 11.1. The van der Waals surface area contributed by atoms with E-state index in [4.69, 9.17) is 0 Å². The van der Waals surface area contributed by atoms with Crippen molar-refractivity contribution in [2.24, 2.45) is 0 Å². The fourth-order valence-corrected chi connectivity index (χ4v) is 2.35. The molecular formula is C14H15N3O3. The SMILES string of the molecule is Cc1cccc2c(=O)n(CC(=O)N3CC(O)C3)cnc12. The van der Waals surface area contributed by atoms with Crippen molar-refractivity contribution in [2.75, 3.05) is 13.1 Å². The lowest BCUT2D eigenvalue weighted by atomic mass is 10.1. The van der Waals surface area contributed by atoms with Gasteiger partial charge in [-0.3, -0.25) is 14.2 Å². The van der Waals surface area contributed by atoms with Crippen LogP contribution in [0.5, 0.6) is 0 Å². The molecule has 1 aromatic carbocycles. The Morgan fingerprint density at radius 1 is 1.45 bits per heavy atom. The van der Waals surface area contributed by atoms with Crippen LogP contribution in [-0.2, 0) is 11.3 Å². The fourth-order valence-electron chi connectivity index (χ4n) is 2.35. The monoisotopic (exact) mass is 273 g/mol. The van der Waals surface area contributed by atoms with Gasteiger partial charge in [0.1, 0.15) is 6.54 Å². The number of carbonyl (C=O) groups excluding carboxylic acids is 1. The van der Waals surface area contributed by atoms with Gasteiger partial charge in [0.05, 0.1) is 23.3 Å². The van der Waals surface area contributed by atoms with E-state index in [2.05, 4.69) is 4.98 Å². The Bertz CT molecular complexity index is 732. The Labute approximate surface area is 115 Å². The number of amides is 1. The van der Waals surface area contributed by atoms with Crippen LogP contribution in [0.3, 0.4) is 0 Å². The van der Waals surface area contributed by atoms with Gasteiger partial charge in [0.25, 0.3) is 5.56 Å². The Hall–Kier alpha value is -2.21. The van der Waals surface area contributed by atoms with Gasteiger partial charge in [-0.25, -0.2) is 4.98 Å². The molecule has 0 saturated carbocycles. The Kier molecular flexibility index (Phi) is 3.02. The predicted octanol–water partition coefficient (Wildman–Crippen LogP) is -0.0920. The number of rotatable bonds is 2. The van der Waals surface area contributed by atoms with Gasteiger partial charge in [0.2, 0.25) is 5.91 Å². The molecule has 0 aliphatic carbocycles. The summed E-state index contributed by atoms with van der Waals surface area (Å²) in [5, 5.41) is 9.70. The Morgan fingerprint density at radius 3 is 2.90 bits per heavy atom. The first-order valence-electron chi connectivity index (χ1n) is 6.47. The molecule has 2 aromatic rings. The van der Waals surface area contributed by atoms with Gasteiger partial charge in [-0.05, 0) is 18.6 Å². The second-order valence-corrected chi connectivity index (χ2v) is 5.10. The van der Waals surface area contributed by atoms with Gasteiger partial charge >= 0.3 is 0 Å². The van der Waals surface area contributed by atoms with Crippen molar-refractivity contribution in [1.82, 2.24) is 14.5 Å². The highest BCUT2D eigenvalue weighted by molar-refractivity contribution is 5.81. The lowest BCUT2D eigenvalue weighted by Gasteiger charge is -2.35. The first-order chi connectivity index (χ1) is 9.56. The van der Waals surface area contributed by atoms with Crippen molar-refractivity contribution in [3.63, 3.8) is 0 Å². The maximum absolute atomic E-state index is 12.3. The number of aromatic nitrogens is 2. The molecule has 1 aliphatic heterocycles. The summed E-state index contributed by atoms with van der Waals surface area (Å²) in [5.41, 5.74) is 1.39. The number of aryl methyl sites for hydroxylation is 1. The summed E-state index contributed by atoms with van der Waals surface area (Å²) in [6.07, 6.45) is 0.972. The van der Waals surface area contributed by atoms with E-state index in [0.29, 0.717) is 24.0 Å². The third kappa shape index (κ3) is 2.08. The first kappa shape index (κ1) is 12.8. The van der Waals surface area contributed by atoms with E-state index in [1.54, 1.807) is 12.1 Å². The number of hydrogen-bond donors (Lipinski definition) is 1. The molecule has 1 saturated heterocycles. The summed E-state index contributed by atoms with van der Waals surface area (Å²) in [4.78, 5) is 30.0. The highest BCUT2D eigenvalue weighted by Gasteiger charge is 2.28. The van der Waals surface area contributed by atoms with Crippen LogP contribution in [0.1, 0.15) is 5.56 Å². The average molecular weight is 273 g/mol. The van der Waals surface area contributed by atoms with E-state index in [-0.39, 0.29) is 18.0 Å². The van der Waals surface area contributed by atoms with E-state index in [0.717, 1.165) is 5.56 Å². The van der Waals surface area contributed by atoms with Crippen LogP contribution in [0, 0.1) is 6.92 Å². The number of benzene rings is 1. The number of fused-ring (bicyclic) bond motifs is 1. The third-order valence-electron chi connectivity index (χ3n) is 3.58. The minimum Gasteiger partial charge on any atom is -0.389 e. The van der Waals surface area contributed by atoms with Crippen LogP contribution in [0.4, 0.5) is 0 Å². The molecule has 1 aliphatic rings. The van der Waals surface area contributed by atoms with Crippen LogP contribution in [0.25, 0.3) is 10.9 Å². The molecule has 20 heavy (non-hydrogen) atoms. The first-order valence-corrected chi connectivity index (χ1v) is 6.47. The van der Waals surface area contributed by atoms with Crippen molar-refractivity contribution in [3.8, 4) is 0 Å². The van der Waals surface area contributed by atoms with Gasteiger partial charge in [-0.2, -0.15) is 0 Å². The van der Waals surface area contributed by atoms with Gasteiger partial charge in [-0.15, -0.1) is 0 Å². The minimum atomic E-state index is -0.437. The molecule has 0 spiro atoms. The number of β-amino-alcohol motifs (C(OH)–C–C–N with tert-alkyl or cyclic N) is 1. The topological polar surface area (TPSA) is 75.4 Å². The summed E-state index contributed by atoms with van der Waals surface area (Å²) in [7, 11) is 0. The molecule has 6 heteroatoms. The second-order valence-electron chi connectivity index (χ2n) is 5.10. The number of aliphatic hydroxyl groups excluding tert-OH is 1. The molecule has 3 rings (SSSR count). The highest BCUT2D eigenvalue weighted by atomic mass is 16.3. The molecule has 1 fully saturated rings. The molecule has 0 atom stereocenters. The summed E-state index contributed by atoms with van der Waals surface area (Å²) in [6.45, 7) is 2.54. The van der Waals surface area contributed by atoms with Gasteiger partial charge < -0.3 is 10.0 Å². The summed E-state index contributed by atoms with van der Waals surface area (Å²) in [6, 6.07) is 5.41. The smallest absolute Gasteiger partial charge is 0.261 e. The third-order valence-corrected chi connectivity index (χ3v) is 3.58. The molecule has 0 bridgehead atoms. The van der Waals surface area contributed by atoms with Crippen LogP contribution < -0.4 is 5.56 Å². The van der Waals surface area contributed by atoms with Crippen LogP contribution in [0.15, 0.2) is 29.3 Å². The molecular weight excluding hydrogens is 258 g/mol. The molecule has 0 unspecified atom stereocenters. The number of carbonyl (C=O) groups is 1. The van der Waals surface area contributed by atoms with Crippen LogP contribution >= 0.6 is 0 Å². The zero-order chi connectivity index (χ0) is 14.3. The maximum atomic E-state index is 12.3. The zero-order valence-corrected chi connectivity index (χ0v) is 11.1. The number of nitrogens with zero attached hydrogens (tertiary/aromatic N) is 3. The van der Waals surface area contributed by atoms with E-state index in [1.165, 1.54) is 15.8 Å². The van der Waals surface area contributed by atoms with Crippen molar-refractivity contribution in [3.05, 3.63) is 40.4 Å². The normalized spacial score (nSPS) is 15.4. The highest BCUT2D eigenvalue weighted by Crippen LogP contribution is 2.12. The molecule has 6 nitrogen and oxygen atoms in total. The average Bonchev–Trinajstić information content (AvgIpc) is 2.39. The molecule has 2 heterocycles. The number of likely N-dealkylation sites (tertiary alicyclic amines) is 1. The summed E-state index contributed by atoms with van der Waals surface area (Å²) >= 11 is 0. The Morgan fingerprint density at radius 2 is 2.20 bits per heavy atom. The summed E-state index contributed by atoms with van der Waals surface area (Å²) < 4.78 is 1.31. The molecule has 0 radical (unpaired) electrons. The Balaban J connectivity index is 1.91. The van der Waals surface area contributed by atoms with Gasteiger partial charge in [-0.1, -0.05) is 12.1 Å². The lowest BCUT2D eigenvalue weighted by molar-refractivity contribution is -0.141. The van der Waals surface area contributed by atoms with E-state index in [1.807, 2.05) is 13.0 Å². The largest absolute Gasteiger partial charge is 0.389 e. The predicted molar refractivity (Wildman–Crippen MR) is 73.3 cm³/mol. The van der Waals surface area contributed by atoms with Crippen molar-refractivity contribution in [2.45, 2.75) is 19.6 Å².